The number of nitrogens with one attached hydrogen (secondary N) is 1. The topological polar surface area (TPSA) is 81.6 Å². The van der Waals surface area contributed by atoms with Crippen LogP contribution in [0.2, 0.25) is 10.0 Å². The van der Waals surface area contributed by atoms with Crippen molar-refractivity contribution in [3.05, 3.63) is 51.4 Å². The van der Waals surface area contributed by atoms with Crippen molar-refractivity contribution >= 4 is 34.9 Å². The van der Waals surface area contributed by atoms with Crippen LogP contribution in [0.15, 0.2) is 24.5 Å². The Morgan fingerprint density at radius 3 is 2.58 bits per heavy atom. The van der Waals surface area contributed by atoms with Gasteiger partial charge in [-0.05, 0) is 30.0 Å². The van der Waals surface area contributed by atoms with Crippen LogP contribution in [0, 0.1) is 0 Å². The van der Waals surface area contributed by atoms with Gasteiger partial charge in [0.15, 0.2) is 0 Å². The molecule has 1 aliphatic heterocycles. The molecular weight excluding hydrogens is 461 g/mol. The molecule has 2 aromatic rings. The van der Waals surface area contributed by atoms with E-state index in [0.29, 0.717) is 49.2 Å². The van der Waals surface area contributed by atoms with E-state index in [0.717, 1.165) is 22.6 Å². The van der Waals surface area contributed by atoms with E-state index < -0.39 is 6.10 Å². The lowest BCUT2D eigenvalue weighted by Crippen LogP contribution is -2.51. The number of hydrogen-bond acceptors (Lipinski definition) is 6. The van der Waals surface area contributed by atoms with Crippen molar-refractivity contribution in [1.82, 2.24) is 20.2 Å². The highest BCUT2D eigenvalue weighted by molar-refractivity contribution is 6.42. The van der Waals surface area contributed by atoms with Gasteiger partial charge in [-0.25, -0.2) is 9.97 Å². The minimum Gasteiger partial charge on any atom is -0.387 e. The number of fused-ring (bicyclic) bond motifs is 1. The first-order valence-corrected chi connectivity index (χ1v) is 12.3. The minimum atomic E-state index is -0.528. The van der Waals surface area contributed by atoms with E-state index in [2.05, 4.69) is 41.0 Å². The van der Waals surface area contributed by atoms with Gasteiger partial charge in [0.2, 0.25) is 5.91 Å². The predicted molar refractivity (Wildman–Crippen MR) is 131 cm³/mol. The highest BCUT2D eigenvalue weighted by Gasteiger charge is 2.35. The van der Waals surface area contributed by atoms with Gasteiger partial charge >= 0.3 is 0 Å². The maximum absolute atomic E-state index is 13.6. The van der Waals surface area contributed by atoms with E-state index in [-0.39, 0.29) is 23.8 Å². The van der Waals surface area contributed by atoms with Gasteiger partial charge in [0.25, 0.3) is 0 Å². The van der Waals surface area contributed by atoms with Gasteiger partial charge in [0.1, 0.15) is 12.1 Å². The standard InChI is InChI=1S/C24H31Cl2N5O2/c1-14(2)27-12-17(16-4-5-18(25)19(26)11-16)24(33)31-8-6-30(7-9-31)23-21-15(3)10-20(32)22(21)28-13-29-23/h4-5,11,13-15,17,20,27,32H,6-10,12H2,1-3H3/t15-,17-,20-/m1/s1. The summed E-state index contributed by atoms with van der Waals surface area (Å²) < 4.78 is 0. The van der Waals surface area contributed by atoms with Crippen molar-refractivity contribution in [3.63, 3.8) is 0 Å². The van der Waals surface area contributed by atoms with Crippen molar-refractivity contribution < 1.29 is 9.90 Å². The normalized spacial score (nSPS) is 21.4. The Morgan fingerprint density at radius 1 is 1.18 bits per heavy atom. The summed E-state index contributed by atoms with van der Waals surface area (Å²) in [6.07, 6.45) is 1.68. The summed E-state index contributed by atoms with van der Waals surface area (Å²) in [5.74, 6) is 0.843. The van der Waals surface area contributed by atoms with E-state index in [1.165, 1.54) is 6.33 Å². The highest BCUT2D eigenvalue weighted by atomic mass is 35.5. The lowest BCUT2D eigenvalue weighted by Gasteiger charge is -2.38. The number of aliphatic hydroxyl groups is 1. The molecule has 0 radical (unpaired) electrons. The molecule has 1 fully saturated rings. The third kappa shape index (κ3) is 5.11. The lowest BCUT2D eigenvalue weighted by atomic mass is 9.96. The minimum absolute atomic E-state index is 0.0814. The molecule has 1 aliphatic carbocycles. The van der Waals surface area contributed by atoms with Crippen LogP contribution in [0.5, 0.6) is 0 Å². The van der Waals surface area contributed by atoms with E-state index in [1.54, 1.807) is 12.1 Å². The molecule has 1 aromatic heterocycles. The van der Waals surface area contributed by atoms with Gasteiger partial charge in [0, 0.05) is 44.3 Å². The average molecular weight is 492 g/mol. The number of carbonyl (C=O) groups excluding carboxylic acids is 1. The average Bonchev–Trinajstić information content (AvgIpc) is 3.09. The van der Waals surface area contributed by atoms with Gasteiger partial charge in [-0.2, -0.15) is 0 Å². The SMILES string of the molecule is CC(C)NC[C@@H](C(=O)N1CCN(c2ncnc3c2[C@H](C)C[C@H]3O)CC1)c1ccc(Cl)c(Cl)c1. The second-order valence-corrected chi connectivity index (χ2v) is 10.1. The maximum Gasteiger partial charge on any atom is 0.231 e. The number of benzene rings is 1. The maximum atomic E-state index is 13.6. The molecule has 0 spiro atoms. The van der Waals surface area contributed by atoms with E-state index in [1.807, 2.05) is 11.0 Å². The molecule has 2 aliphatic rings. The summed E-state index contributed by atoms with van der Waals surface area (Å²) in [4.78, 5) is 26.6. The molecule has 7 nitrogen and oxygen atoms in total. The van der Waals surface area contributed by atoms with Gasteiger partial charge in [-0.3, -0.25) is 4.79 Å². The fourth-order valence-corrected chi connectivity index (χ4v) is 5.05. The summed E-state index contributed by atoms with van der Waals surface area (Å²) in [6.45, 7) is 9.34. The number of halogens is 2. The summed E-state index contributed by atoms with van der Waals surface area (Å²) in [5, 5.41) is 14.6. The number of rotatable bonds is 6. The number of nitrogens with zero attached hydrogens (tertiary/aromatic N) is 4. The third-order valence-electron chi connectivity index (χ3n) is 6.54. The first-order chi connectivity index (χ1) is 15.8. The largest absolute Gasteiger partial charge is 0.387 e. The van der Waals surface area contributed by atoms with Crippen LogP contribution in [-0.4, -0.2) is 64.6 Å². The number of amides is 1. The molecule has 2 N–H and O–H groups in total. The Morgan fingerprint density at radius 2 is 1.91 bits per heavy atom. The monoisotopic (exact) mass is 491 g/mol. The molecule has 3 atom stereocenters. The van der Waals surface area contributed by atoms with Crippen LogP contribution in [0.4, 0.5) is 5.82 Å². The molecule has 33 heavy (non-hydrogen) atoms. The smallest absolute Gasteiger partial charge is 0.231 e. The van der Waals surface area contributed by atoms with Gasteiger partial charge in [-0.15, -0.1) is 0 Å². The van der Waals surface area contributed by atoms with Crippen LogP contribution < -0.4 is 10.2 Å². The predicted octanol–water partition coefficient (Wildman–Crippen LogP) is 3.75. The quantitative estimate of drug-likeness (QED) is 0.640. The summed E-state index contributed by atoms with van der Waals surface area (Å²) >= 11 is 12.4. The molecule has 0 bridgehead atoms. The summed E-state index contributed by atoms with van der Waals surface area (Å²) in [7, 11) is 0. The zero-order chi connectivity index (χ0) is 23.7. The van der Waals surface area contributed by atoms with Crippen molar-refractivity contribution in [2.75, 3.05) is 37.6 Å². The van der Waals surface area contributed by atoms with Crippen molar-refractivity contribution in [3.8, 4) is 0 Å². The van der Waals surface area contributed by atoms with Crippen LogP contribution in [0.1, 0.15) is 62.0 Å². The number of carbonyl (C=O) groups is 1. The number of piperazine rings is 1. The van der Waals surface area contributed by atoms with Crippen molar-refractivity contribution in [1.29, 1.82) is 0 Å². The number of hydrogen-bond donors (Lipinski definition) is 2. The second kappa shape index (κ2) is 10.1. The van der Waals surface area contributed by atoms with Crippen molar-refractivity contribution in [2.45, 2.75) is 51.2 Å². The van der Waals surface area contributed by atoms with Gasteiger partial charge in [0.05, 0.1) is 27.8 Å². The Kier molecular flexibility index (Phi) is 7.43. The molecule has 0 unspecified atom stereocenters. The van der Waals surface area contributed by atoms with Gasteiger partial charge in [-0.1, -0.05) is 50.0 Å². The van der Waals surface area contributed by atoms with E-state index >= 15 is 0 Å². The first-order valence-electron chi connectivity index (χ1n) is 11.5. The Labute approximate surface area is 205 Å². The van der Waals surface area contributed by atoms with Crippen LogP contribution in [0.3, 0.4) is 0 Å². The van der Waals surface area contributed by atoms with E-state index in [4.69, 9.17) is 23.2 Å². The molecule has 1 aromatic carbocycles. The highest BCUT2D eigenvalue weighted by Crippen LogP contribution is 2.42. The van der Waals surface area contributed by atoms with Gasteiger partial charge < -0.3 is 20.2 Å². The molecule has 1 saturated heterocycles. The molecule has 178 valence electrons. The number of aliphatic hydroxyl groups excluding tert-OH is 1. The fraction of sp³-hybridized carbons (Fsp3) is 0.542. The Balaban J connectivity index is 1.49. The molecular formula is C24H31Cl2N5O2. The molecule has 4 rings (SSSR count). The first kappa shape index (κ1) is 24.2. The molecule has 1 amide bonds. The Hall–Kier alpha value is -1.93. The number of anilines is 1. The number of aromatic nitrogens is 2. The molecule has 2 heterocycles. The summed E-state index contributed by atoms with van der Waals surface area (Å²) in [6, 6.07) is 5.68. The Bertz CT molecular complexity index is 1010. The van der Waals surface area contributed by atoms with Crippen LogP contribution in [0.25, 0.3) is 0 Å². The zero-order valence-corrected chi connectivity index (χ0v) is 20.8. The van der Waals surface area contributed by atoms with Crippen LogP contribution >= 0.6 is 23.2 Å². The lowest BCUT2D eigenvalue weighted by molar-refractivity contribution is -0.133. The van der Waals surface area contributed by atoms with Crippen molar-refractivity contribution in [2.24, 2.45) is 0 Å². The summed E-state index contributed by atoms with van der Waals surface area (Å²) in [5.41, 5.74) is 2.64. The second-order valence-electron chi connectivity index (χ2n) is 9.25. The fourth-order valence-electron chi connectivity index (χ4n) is 4.74. The van der Waals surface area contributed by atoms with Crippen LogP contribution in [-0.2, 0) is 4.79 Å². The molecule has 9 heteroatoms. The van der Waals surface area contributed by atoms with E-state index in [9.17, 15) is 9.90 Å². The molecule has 0 saturated carbocycles. The third-order valence-corrected chi connectivity index (χ3v) is 7.28. The zero-order valence-electron chi connectivity index (χ0n) is 19.3.